The van der Waals surface area contributed by atoms with Crippen LogP contribution in [0, 0.1) is 10.1 Å². The molecule has 0 atom stereocenters. The Morgan fingerprint density at radius 3 is 2.64 bits per heavy atom. The topological polar surface area (TPSA) is 70.9 Å². The largest absolute Gasteiger partial charge is 0.379 e. The smallest absolute Gasteiger partial charge is 0.269 e. The number of nitro benzene ring substituents is 1. The van der Waals surface area contributed by atoms with Gasteiger partial charge in [-0.3, -0.25) is 15.0 Å². The molecular formula is C14H20N4O3S. The molecule has 0 amide bonds. The molecule has 1 aliphatic rings. The fraction of sp³-hybridized carbons (Fsp3) is 0.500. The van der Waals surface area contributed by atoms with E-state index in [1.165, 1.54) is 12.1 Å². The van der Waals surface area contributed by atoms with Gasteiger partial charge in [0.15, 0.2) is 5.11 Å². The van der Waals surface area contributed by atoms with Crippen molar-refractivity contribution in [3.05, 3.63) is 34.4 Å². The molecule has 1 aromatic rings. The average molecular weight is 324 g/mol. The van der Waals surface area contributed by atoms with Crippen molar-refractivity contribution in [2.45, 2.75) is 0 Å². The Labute approximate surface area is 135 Å². The summed E-state index contributed by atoms with van der Waals surface area (Å²) in [5, 5.41) is 14.5. The summed E-state index contributed by atoms with van der Waals surface area (Å²) in [6, 6.07) is 6.33. The summed E-state index contributed by atoms with van der Waals surface area (Å²) in [5.74, 6) is 0. The molecule has 1 heterocycles. The molecule has 0 radical (unpaired) electrons. The van der Waals surface area contributed by atoms with E-state index in [0.29, 0.717) is 5.11 Å². The number of rotatable bonds is 5. The monoisotopic (exact) mass is 324 g/mol. The molecule has 1 N–H and O–H groups in total. The van der Waals surface area contributed by atoms with Gasteiger partial charge in [-0.25, -0.2) is 0 Å². The number of anilines is 1. The van der Waals surface area contributed by atoms with Gasteiger partial charge in [-0.05, 0) is 24.4 Å². The van der Waals surface area contributed by atoms with Crippen LogP contribution in [-0.4, -0.2) is 61.4 Å². The van der Waals surface area contributed by atoms with Gasteiger partial charge in [0.2, 0.25) is 0 Å². The molecule has 1 saturated heterocycles. The molecule has 1 aliphatic heterocycles. The lowest BCUT2D eigenvalue weighted by Crippen LogP contribution is -2.44. The van der Waals surface area contributed by atoms with E-state index in [1.807, 2.05) is 7.05 Å². The molecule has 1 aromatic carbocycles. The van der Waals surface area contributed by atoms with Crippen LogP contribution in [0.3, 0.4) is 0 Å². The molecule has 2 rings (SSSR count). The second-order valence-corrected chi connectivity index (χ2v) is 5.41. The Bertz CT molecular complexity index is 517. The second-order valence-electron chi connectivity index (χ2n) is 5.02. The first kappa shape index (κ1) is 16.6. The van der Waals surface area contributed by atoms with E-state index >= 15 is 0 Å². The van der Waals surface area contributed by atoms with E-state index in [9.17, 15) is 10.1 Å². The highest BCUT2D eigenvalue weighted by Crippen LogP contribution is 2.18. The highest BCUT2D eigenvalue weighted by atomic mass is 32.1. The third-order valence-electron chi connectivity index (χ3n) is 3.56. The van der Waals surface area contributed by atoms with E-state index in [4.69, 9.17) is 17.0 Å². The van der Waals surface area contributed by atoms with Crippen LogP contribution >= 0.6 is 12.2 Å². The van der Waals surface area contributed by atoms with Crippen molar-refractivity contribution in [3.8, 4) is 0 Å². The third-order valence-corrected chi connectivity index (χ3v) is 3.98. The summed E-state index contributed by atoms with van der Waals surface area (Å²) in [7, 11) is 1.84. The Morgan fingerprint density at radius 2 is 2.05 bits per heavy atom. The highest BCUT2D eigenvalue weighted by molar-refractivity contribution is 7.80. The van der Waals surface area contributed by atoms with Crippen LogP contribution in [0.25, 0.3) is 0 Å². The summed E-state index contributed by atoms with van der Waals surface area (Å²) >= 11 is 5.35. The van der Waals surface area contributed by atoms with E-state index in [-0.39, 0.29) is 5.69 Å². The van der Waals surface area contributed by atoms with Gasteiger partial charge in [0, 0.05) is 51.0 Å². The minimum atomic E-state index is -0.414. The minimum Gasteiger partial charge on any atom is -0.379 e. The lowest BCUT2D eigenvalue weighted by atomic mass is 10.3. The Balaban J connectivity index is 1.79. The standard InChI is InChI=1S/C14H20N4O3S/c1-16(12-2-4-13(5-3-12)18(19)20)14(22)15-6-7-17-8-10-21-11-9-17/h2-5H,6-11H2,1H3,(H,15,22). The third kappa shape index (κ3) is 4.62. The molecule has 7 nitrogen and oxygen atoms in total. The van der Waals surface area contributed by atoms with E-state index in [2.05, 4.69) is 10.2 Å². The zero-order valence-electron chi connectivity index (χ0n) is 12.5. The van der Waals surface area contributed by atoms with E-state index in [0.717, 1.165) is 45.1 Å². The lowest BCUT2D eigenvalue weighted by molar-refractivity contribution is -0.384. The van der Waals surface area contributed by atoms with Gasteiger partial charge in [0.1, 0.15) is 0 Å². The van der Waals surface area contributed by atoms with Crippen LogP contribution in [0.5, 0.6) is 0 Å². The molecule has 0 spiro atoms. The number of hydrogen-bond acceptors (Lipinski definition) is 5. The SMILES string of the molecule is CN(C(=S)NCCN1CCOCC1)c1ccc([N+](=O)[O-])cc1. The molecule has 0 aliphatic carbocycles. The number of non-ortho nitro benzene ring substituents is 1. The highest BCUT2D eigenvalue weighted by Gasteiger charge is 2.12. The number of nitrogens with one attached hydrogen (secondary N) is 1. The molecule has 0 aromatic heterocycles. The first-order valence-corrected chi connectivity index (χ1v) is 7.55. The number of nitrogens with zero attached hydrogens (tertiary/aromatic N) is 3. The van der Waals surface area contributed by atoms with Crippen molar-refractivity contribution < 1.29 is 9.66 Å². The van der Waals surface area contributed by atoms with Gasteiger partial charge in [-0.15, -0.1) is 0 Å². The number of nitro groups is 1. The molecule has 22 heavy (non-hydrogen) atoms. The average Bonchev–Trinajstić information content (AvgIpc) is 2.55. The van der Waals surface area contributed by atoms with Gasteiger partial charge in [-0.2, -0.15) is 0 Å². The van der Waals surface area contributed by atoms with Crippen molar-refractivity contribution in [1.82, 2.24) is 10.2 Å². The first-order chi connectivity index (χ1) is 10.6. The van der Waals surface area contributed by atoms with E-state index in [1.54, 1.807) is 17.0 Å². The second kappa shape index (κ2) is 8.02. The maximum atomic E-state index is 10.6. The molecule has 120 valence electrons. The molecule has 8 heteroatoms. The molecule has 0 unspecified atom stereocenters. The number of thiocarbonyl (C=S) groups is 1. The summed E-state index contributed by atoms with van der Waals surface area (Å²) in [5.41, 5.74) is 0.887. The van der Waals surface area contributed by atoms with Crippen LogP contribution in [-0.2, 0) is 4.74 Å². The Morgan fingerprint density at radius 1 is 1.41 bits per heavy atom. The predicted octanol–water partition coefficient (Wildman–Crippen LogP) is 1.24. The van der Waals surface area contributed by atoms with Crippen LogP contribution in [0.4, 0.5) is 11.4 Å². The Kier molecular flexibility index (Phi) is 6.05. The zero-order chi connectivity index (χ0) is 15.9. The van der Waals surface area contributed by atoms with Gasteiger partial charge >= 0.3 is 0 Å². The van der Waals surface area contributed by atoms with E-state index < -0.39 is 4.92 Å². The van der Waals surface area contributed by atoms with Gasteiger partial charge in [0.05, 0.1) is 18.1 Å². The number of hydrogen-bond donors (Lipinski definition) is 1. The molecule has 1 fully saturated rings. The van der Waals surface area contributed by atoms with Crippen molar-refractivity contribution >= 4 is 28.7 Å². The summed E-state index contributed by atoms with van der Waals surface area (Å²) in [6.45, 7) is 5.15. The van der Waals surface area contributed by atoms with Crippen molar-refractivity contribution in [2.75, 3.05) is 51.3 Å². The summed E-state index contributed by atoms with van der Waals surface area (Å²) in [6.07, 6.45) is 0. The van der Waals surface area contributed by atoms with Gasteiger partial charge in [0.25, 0.3) is 5.69 Å². The van der Waals surface area contributed by atoms with Crippen LogP contribution < -0.4 is 10.2 Å². The summed E-state index contributed by atoms with van der Waals surface area (Å²) < 4.78 is 5.31. The van der Waals surface area contributed by atoms with Crippen molar-refractivity contribution in [1.29, 1.82) is 0 Å². The molecular weight excluding hydrogens is 304 g/mol. The van der Waals surface area contributed by atoms with Crippen LogP contribution in [0.15, 0.2) is 24.3 Å². The minimum absolute atomic E-state index is 0.0725. The molecule has 0 bridgehead atoms. The maximum Gasteiger partial charge on any atom is 0.269 e. The van der Waals surface area contributed by atoms with Crippen LogP contribution in [0.1, 0.15) is 0 Å². The lowest BCUT2D eigenvalue weighted by Gasteiger charge is -2.27. The van der Waals surface area contributed by atoms with Crippen LogP contribution in [0.2, 0.25) is 0 Å². The maximum absolute atomic E-state index is 10.6. The fourth-order valence-corrected chi connectivity index (χ4v) is 2.39. The normalized spacial score (nSPS) is 15.3. The predicted molar refractivity (Wildman–Crippen MR) is 89.4 cm³/mol. The van der Waals surface area contributed by atoms with Gasteiger partial charge in [-0.1, -0.05) is 0 Å². The number of ether oxygens (including phenoxy) is 1. The summed E-state index contributed by atoms with van der Waals surface area (Å²) in [4.78, 5) is 14.4. The quantitative estimate of drug-likeness (QED) is 0.496. The first-order valence-electron chi connectivity index (χ1n) is 7.14. The number of benzene rings is 1. The van der Waals surface area contributed by atoms with Gasteiger partial charge < -0.3 is 15.0 Å². The number of morpholine rings is 1. The zero-order valence-corrected chi connectivity index (χ0v) is 13.3. The Hall–Kier alpha value is -1.77. The van der Waals surface area contributed by atoms with Crippen molar-refractivity contribution in [3.63, 3.8) is 0 Å². The van der Waals surface area contributed by atoms with Crippen molar-refractivity contribution in [2.24, 2.45) is 0 Å². The molecule has 0 saturated carbocycles. The fourth-order valence-electron chi connectivity index (χ4n) is 2.18.